The molecule has 0 radical (unpaired) electrons. The maximum absolute atomic E-state index is 7.50. The van der Waals surface area contributed by atoms with Gasteiger partial charge in [-0.15, -0.1) is 0 Å². The van der Waals surface area contributed by atoms with Crippen LogP contribution in [0.2, 0.25) is 0 Å². The third kappa shape index (κ3) is 8.11. The summed E-state index contributed by atoms with van der Waals surface area (Å²) >= 11 is 0. The Morgan fingerprint density at radius 1 is 0.923 bits per heavy atom. The van der Waals surface area contributed by atoms with Gasteiger partial charge in [-0.25, -0.2) is 0 Å². The van der Waals surface area contributed by atoms with Gasteiger partial charge in [0.1, 0.15) is 5.75 Å². The zero-order valence-electron chi connectivity index (χ0n) is 15.1. The second-order valence-electron chi connectivity index (χ2n) is 5.31. The normalized spacial score (nSPS) is 8.88. The maximum Gasteiger partial charge on any atom is 0 e. The van der Waals surface area contributed by atoms with Crippen LogP contribution in [0.15, 0.2) is 28.7 Å². The third-order valence-electron chi connectivity index (χ3n) is 2.83. The van der Waals surface area contributed by atoms with Crippen LogP contribution in [-0.4, -0.2) is 14.2 Å². The second-order valence-corrected chi connectivity index (χ2v) is 6.39. The summed E-state index contributed by atoms with van der Waals surface area (Å²) in [5.41, 5.74) is 1.84. The van der Waals surface area contributed by atoms with Crippen molar-refractivity contribution in [2.45, 2.75) is 26.2 Å². The molecule has 0 aliphatic heterocycles. The van der Waals surface area contributed by atoms with Gasteiger partial charge >= 0.3 is 33.9 Å². The van der Waals surface area contributed by atoms with Gasteiger partial charge in [-0.05, 0) is 25.7 Å². The first kappa shape index (κ1) is 29.1. The quantitative estimate of drug-likeness (QED) is 0.537. The minimum Gasteiger partial charge on any atom is 0 e. The van der Waals surface area contributed by atoms with E-state index in [1.165, 1.54) is 0 Å². The van der Waals surface area contributed by atoms with E-state index < -0.39 is 0 Å². The molecule has 2 rings (SSSR count). The Balaban J connectivity index is -0.000000686. The van der Waals surface area contributed by atoms with E-state index in [0.717, 1.165) is 30.3 Å². The second kappa shape index (κ2) is 15.5. The summed E-state index contributed by atoms with van der Waals surface area (Å²) in [6.45, 7) is 20.0. The van der Waals surface area contributed by atoms with Gasteiger partial charge in [0.25, 0.3) is 5.95 Å². The van der Waals surface area contributed by atoms with Crippen molar-refractivity contribution in [2.24, 2.45) is 0 Å². The minimum absolute atomic E-state index is 0. The smallest absolute Gasteiger partial charge is 0 e. The van der Waals surface area contributed by atoms with Crippen LogP contribution in [0.3, 0.4) is 0 Å². The number of hydrogen-bond donors (Lipinski definition) is 0. The summed E-state index contributed by atoms with van der Waals surface area (Å²) in [6.07, 6.45) is 0. The van der Waals surface area contributed by atoms with Crippen molar-refractivity contribution < 1.29 is 45.2 Å². The zero-order valence-corrected chi connectivity index (χ0v) is 17.3. The number of para-hydroxylation sites is 1. The summed E-state index contributed by atoms with van der Waals surface area (Å²) in [5.74, 6) is 1.42. The van der Waals surface area contributed by atoms with Gasteiger partial charge in [-0.1, -0.05) is 32.9 Å². The minimum atomic E-state index is 0. The fourth-order valence-corrected chi connectivity index (χ4v) is 3.06. The largest absolute Gasteiger partial charge is 0 e. The van der Waals surface area contributed by atoms with Crippen LogP contribution in [0.5, 0.6) is 11.7 Å². The molecule has 0 amide bonds. The number of ether oxygens (including phenoxy) is 2. The molecule has 0 bridgehead atoms. The van der Waals surface area contributed by atoms with Gasteiger partial charge in [-0.3, -0.25) is 0 Å². The molecule has 6 nitrogen and oxygen atoms in total. The summed E-state index contributed by atoms with van der Waals surface area (Å²) < 4.78 is 39.1. The molecule has 0 atom stereocenters. The molecule has 1 heterocycles. The molecular formula is C18H19CrO6P. The van der Waals surface area contributed by atoms with Crippen LogP contribution in [-0.2, 0) is 36.7 Å². The molecule has 0 unspecified atom stereocenters. The number of hydrogen-bond acceptors (Lipinski definition) is 3. The Morgan fingerprint density at radius 3 is 1.81 bits per heavy atom. The molecule has 2 aromatic rings. The van der Waals surface area contributed by atoms with Crippen LogP contribution < -0.4 is 9.47 Å². The Labute approximate surface area is 166 Å². The Kier molecular flexibility index (Phi) is 17.4. The van der Waals surface area contributed by atoms with Crippen molar-refractivity contribution in [1.82, 2.24) is 0 Å². The molecule has 1 aromatic carbocycles. The van der Waals surface area contributed by atoms with E-state index >= 15 is 0 Å². The molecule has 0 saturated heterocycles. The maximum atomic E-state index is 7.50. The fraction of sp³-hybridized carbons (Fsp3) is 0.333. The van der Waals surface area contributed by atoms with Crippen LogP contribution in [0, 0.1) is 20.0 Å². The van der Waals surface area contributed by atoms with E-state index in [1.54, 1.807) is 14.2 Å². The van der Waals surface area contributed by atoms with Crippen molar-refractivity contribution in [3.8, 4) is 22.8 Å². The van der Waals surface area contributed by atoms with Gasteiger partial charge in [-0.2, -0.15) is 0 Å². The van der Waals surface area contributed by atoms with E-state index in [4.69, 9.17) is 27.8 Å². The average molecular weight is 414 g/mol. The van der Waals surface area contributed by atoms with Crippen molar-refractivity contribution in [3.63, 3.8) is 0 Å². The van der Waals surface area contributed by atoms with Gasteiger partial charge in [0.15, 0.2) is 5.49 Å². The standard InChI is InChI=1S/C15H19O3P.3CO.Cr/c1-15(2,3)12-13(17-5)18-14(19-12)10-8-6-7-9-11(10)16-4;3*1-2;/h6-9H,1-5H3;;;;. The summed E-state index contributed by atoms with van der Waals surface area (Å²) in [6, 6.07) is 7.86. The monoisotopic (exact) mass is 414 g/mol. The number of rotatable bonds is 3. The molecule has 138 valence electrons. The SMILES string of the molecule is COc1ccccc1-c1oc(OC)c(C(C)(C)C)p1.[C-]#[O+].[C-]#[O+].[C-]#[O+].[Cr]. The molecule has 0 aliphatic carbocycles. The number of methoxy groups -OCH3 is 2. The first-order chi connectivity index (χ1) is 12.0. The van der Waals surface area contributed by atoms with Crippen molar-refractivity contribution in [3.05, 3.63) is 49.5 Å². The average Bonchev–Trinajstić information content (AvgIpc) is 3.11. The Hall–Kier alpha value is -1.72. The van der Waals surface area contributed by atoms with Crippen LogP contribution in [0.1, 0.15) is 26.1 Å². The molecule has 0 fully saturated rings. The molecule has 0 aliphatic rings. The van der Waals surface area contributed by atoms with E-state index in [0.29, 0.717) is 5.95 Å². The van der Waals surface area contributed by atoms with E-state index in [9.17, 15) is 0 Å². The summed E-state index contributed by atoms with van der Waals surface area (Å²) in [4.78, 5) is 0. The molecule has 1 aromatic heterocycles. The van der Waals surface area contributed by atoms with Crippen molar-refractivity contribution in [2.75, 3.05) is 14.2 Å². The van der Waals surface area contributed by atoms with E-state index in [1.807, 2.05) is 24.3 Å². The van der Waals surface area contributed by atoms with Crippen LogP contribution >= 0.6 is 8.19 Å². The Morgan fingerprint density at radius 2 is 1.42 bits per heavy atom. The third-order valence-corrected chi connectivity index (χ3v) is 4.44. The zero-order chi connectivity index (χ0) is 20.0. The molecule has 0 saturated carbocycles. The summed E-state index contributed by atoms with van der Waals surface area (Å²) in [5, 5.41) is 1.15. The van der Waals surface area contributed by atoms with Gasteiger partial charge < -0.3 is 13.9 Å². The van der Waals surface area contributed by atoms with Gasteiger partial charge in [0.05, 0.1) is 25.1 Å². The first-order valence-corrected chi connectivity index (χ1v) is 7.66. The molecule has 0 N–H and O–H groups in total. The fourth-order valence-electron chi connectivity index (χ4n) is 1.85. The topological polar surface area (TPSA) is 91.3 Å². The molecule has 26 heavy (non-hydrogen) atoms. The predicted octanol–water partition coefficient (Wildman–Crippen LogP) is 4.73. The van der Waals surface area contributed by atoms with Crippen molar-refractivity contribution in [1.29, 1.82) is 0 Å². The molecule has 0 spiro atoms. The van der Waals surface area contributed by atoms with Gasteiger partial charge in [0, 0.05) is 17.4 Å². The predicted molar refractivity (Wildman–Crippen MR) is 90.2 cm³/mol. The Bertz CT molecular complexity index is 683. The van der Waals surface area contributed by atoms with Gasteiger partial charge in [0.2, 0.25) is 0 Å². The van der Waals surface area contributed by atoms with E-state index in [2.05, 4.69) is 40.7 Å². The molecular weight excluding hydrogens is 395 g/mol. The summed E-state index contributed by atoms with van der Waals surface area (Å²) in [7, 11) is 4.35. The number of benzene rings is 1. The van der Waals surface area contributed by atoms with Crippen LogP contribution in [0.4, 0.5) is 0 Å². The van der Waals surface area contributed by atoms with Crippen molar-refractivity contribution >= 4 is 8.19 Å². The van der Waals surface area contributed by atoms with E-state index in [-0.39, 0.29) is 22.8 Å². The molecule has 8 heteroatoms. The first-order valence-electron chi connectivity index (χ1n) is 6.77. The van der Waals surface area contributed by atoms with Crippen LogP contribution in [0.25, 0.3) is 11.1 Å².